The van der Waals surface area contributed by atoms with Crippen LogP contribution in [0.25, 0.3) is 10.9 Å². The van der Waals surface area contributed by atoms with E-state index in [1.54, 1.807) is 6.07 Å². The van der Waals surface area contributed by atoms with Crippen molar-refractivity contribution in [3.05, 3.63) is 46.2 Å². The van der Waals surface area contributed by atoms with Crippen LogP contribution < -0.4 is 10.9 Å². The maximum atomic E-state index is 12.3. The van der Waals surface area contributed by atoms with Crippen molar-refractivity contribution < 1.29 is 4.79 Å². The molecule has 1 aromatic carbocycles. The van der Waals surface area contributed by atoms with Gasteiger partial charge in [0.2, 0.25) is 0 Å². The van der Waals surface area contributed by atoms with E-state index in [1.807, 2.05) is 24.3 Å². The molecule has 0 bridgehead atoms. The number of H-pyrrole nitrogens is 1. The van der Waals surface area contributed by atoms with E-state index in [2.05, 4.69) is 29.0 Å². The Balaban J connectivity index is 1.53. The molecule has 5 heteroatoms. The number of hydrogen-bond donors (Lipinski definition) is 2. The highest BCUT2D eigenvalue weighted by atomic mass is 16.2. The van der Waals surface area contributed by atoms with E-state index >= 15 is 0 Å². The van der Waals surface area contributed by atoms with Crippen LogP contribution in [0, 0.1) is 11.8 Å². The number of para-hydroxylation sites is 1. The molecule has 0 aliphatic carbocycles. The molecule has 0 radical (unpaired) electrons. The molecule has 1 amide bonds. The van der Waals surface area contributed by atoms with E-state index in [4.69, 9.17) is 0 Å². The van der Waals surface area contributed by atoms with Crippen LogP contribution in [-0.2, 0) is 0 Å². The number of likely N-dealkylation sites (tertiary alicyclic amines) is 1. The van der Waals surface area contributed by atoms with E-state index < -0.39 is 0 Å². The van der Waals surface area contributed by atoms with Gasteiger partial charge in [0.25, 0.3) is 11.5 Å². The lowest BCUT2D eigenvalue weighted by molar-refractivity contribution is 0.0946. The van der Waals surface area contributed by atoms with Crippen molar-refractivity contribution >= 4 is 16.8 Å². The first-order chi connectivity index (χ1) is 12.0. The second-order valence-electron chi connectivity index (χ2n) is 7.41. The lowest BCUT2D eigenvalue weighted by atomic mass is 9.92. The number of hydrogen-bond acceptors (Lipinski definition) is 3. The molecule has 2 atom stereocenters. The Morgan fingerprint density at radius 3 is 2.72 bits per heavy atom. The van der Waals surface area contributed by atoms with Crippen molar-refractivity contribution in [1.82, 2.24) is 15.2 Å². The van der Waals surface area contributed by atoms with Gasteiger partial charge in [-0.05, 0) is 48.7 Å². The summed E-state index contributed by atoms with van der Waals surface area (Å²) in [6.45, 7) is 8.46. The molecule has 1 aliphatic rings. The first-order valence-electron chi connectivity index (χ1n) is 9.15. The summed E-state index contributed by atoms with van der Waals surface area (Å²) in [5, 5.41) is 3.75. The number of fused-ring (bicyclic) bond motifs is 1. The fourth-order valence-electron chi connectivity index (χ4n) is 3.89. The summed E-state index contributed by atoms with van der Waals surface area (Å²) in [6, 6.07) is 9.14. The Morgan fingerprint density at radius 2 is 1.96 bits per heavy atom. The Labute approximate surface area is 148 Å². The molecule has 134 valence electrons. The third-order valence-corrected chi connectivity index (χ3v) is 4.88. The van der Waals surface area contributed by atoms with Crippen molar-refractivity contribution in [3.63, 3.8) is 0 Å². The van der Waals surface area contributed by atoms with Gasteiger partial charge in [-0.25, -0.2) is 0 Å². The van der Waals surface area contributed by atoms with Gasteiger partial charge >= 0.3 is 0 Å². The van der Waals surface area contributed by atoms with E-state index in [9.17, 15) is 9.59 Å². The number of rotatable bonds is 5. The molecule has 0 spiro atoms. The SMILES string of the molecule is CC1CC(C)CN(CCCNC(=O)c2cc3ccccc3[nH]c2=O)C1. The smallest absolute Gasteiger partial charge is 0.261 e. The van der Waals surface area contributed by atoms with Crippen molar-refractivity contribution in [2.75, 3.05) is 26.2 Å². The van der Waals surface area contributed by atoms with E-state index in [0.717, 1.165) is 48.8 Å². The van der Waals surface area contributed by atoms with Crippen LogP contribution in [0.15, 0.2) is 35.1 Å². The third kappa shape index (κ3) is 4.48. The largest absolute Gasteiger partial charge is 0.352 e. The van der Waals surface area contributed by atoms with Gasteiger partial charge < -0.3 is 15.2 Å². The molecule has 0 saturated carbocycles. The molecular formula is C20H27N3O2. The van der Waals surface area contributed by atoms with Crippen molar-refractivity contribution in [2.24, 2.45) is 11.8 Å². The number of carbonyl (C=O) groups excluding carboxylic acids is 1. The van der Waals surface area contributed by atoms with E-state index in [-0.39, 0.29) is 17.0 Å². The second-order valence-corrected chi connectivity index (χ2v) is 7.41. The van der Waals surface area contributed by atoms with Gasteiger partial charge in [0.1, 0.15) is 5.56 Å². The molecule has 1 saturated heterocycles. The summed E-state index contributed by atoms with van der Waals surface area (Å²) in [4.78, 5) is 29.7. The maximum absolute atomic E-state index is 12.3. The van der Waals surface area contributed by atoms with Crippen LogP contribution >= 0.6 is 0 Å². The molecule has 2 unspecified atom stereocenters. The number of piperidine rings is 1. The van der Waals surface area contributed by atoms with Crippen molar-refractivity contribution in [2.45, 2.75) is 26.7 Å². The van der Waals surface area contributed by atoms with E-state index in [1.165, 1.54) is 6.42 Å². The van der Waals surface area contributed by atoms with Gasteiger partial charge in [0.05, 0.1) is 0 Å². The van der Waals surface area contributed by atoms with Crippen LogP contribution in [0.3, 0.4) is 0 Å². The lowest BCUT2D eigenvalue weighted by Gasteiger charge is -2.34. The highest BCUT2D eigenvalue weighted by Crippen LogP contribution is 2.20. The average Bonchev–Trinajstić information content (AvgIpc) is 2.57. The quantitative estimate of drug-likeness (QED) is 0.822. The molecule has 1 aromatic heterocycles. The zero-order valence-electron chi connectivity index (χ0n) is 15.0. The van der Waals surface area contributed by atoms with Gasteiger partial charge in [-0.3, -0.25) is 9.59 Å². The molecule has 2 aromatic rings. The summed E-state index contributed by atoms with van der Waals surface area (Å²) in [7, 11) is 0. The van der Waals surface area contributed by atoms with Gasteiger partial charge in [0.15, 0.2) is 0 Å². The monoisotopic (exact) mass is 341 g/mol. The minimum absolute atomic E-state index is 0.180. The van der Waals surface area contributed by atoms with Crippen LogP contribution in [0.4, 0.5) is 0 Å². The van der Waals surface area contributed by atoms with E-state index in [0.29, 0.717) is 6.54 Å². The van der Waals surface area contributed by atoms with Gasteiger partial charge in [-0.15, -0.1) is 0 Å². The predicted molar refractivity (Wildman–Crippen MR) is 101 cm³/mol. The number of aromatic nitrogens is 1. The Kier molecular flexibility index (Phi) is 5.53. The fourth-order valence-corrected chi connectivity index (χ4v) is 3.89. The topological polar surface area (TPSA) is 65.2 Å². The number of carbonyl (C=O) groups is 1. The number of amides is 1. The normalized spacial score (nSPS) is 21.4. The summed E-state index contributed by atoms with van der Waals surface area (Å²) in [5.41, 5.74) is 0.589. The minimum Gasteiger partial charge on any atom is -0.352 e. The van der Waals surface area contributed by atoms with Crippen molar-refractivity contribution in [1.29, 1.82) is 0 Å². The number of nitrogens with one attached hydrogen (secondary N) is 2. The van der Waals surface area contributed by atoms with Crippen LogP contribution in [-0.4, -0.2) is 42.0 Å². The summed E-state index contributed by atoms with van der Waals surface area (Å²) in [5.74, 6) is 1.19. The summed E-state index contributed by atoms with van der Waals surface area (Å²) in [6.07, 6.45) is 2.20. The molecule has 25 heavy (non-hydrogen) atoms. The summed E-state index contributed by atoms with van der Waals surface area (Å²) < 4.78 is 0. The molecule has 5 nitrogen and oxygen atoms in total. The number of aromatic amines is 1. The second kappa shape index (κ2) is 7.83. The standard InChI is InChI=1S/C20H27N3O2/c1-14-10-15(2)13-23(12-14)9-5-8-21-19(24)17-11-16-6-3-4-7-18(16)22-20(17)25/h3-4,6-7,11,14-15H,5,8-10,12-13H2,1-2H3,(H,21,24)(H,22,25). The zero-order chi connectivity index (χ0) is 17.8. The maximum Gasteiger partial charge on any atom is 0.261 e. The fraction of sp³-hybridized carbons (Fsp3) is 0.500. The predicted octanol–water partition coefficient (Wildman–Crippen LogP) is 2.63. The average molecular weight is 341 g/mol. The molecule has 1 aliphatic heterocycles. The lowest BCUT2D eigenvalue weighted by Crippen LogP contribution is -2.40. The van der Waals surface area contributed by atoms with Crippen LogP contribution in [0.2, 0.25) is 0 Å². The Morgan fingerprint density at radius 1 is 1.24 bits per heavy atom. The number of pyridine rings is 1. The first kappa shape index (κ1) is 17.7. The van der Waals surface area contributed by atoms with Crippen LogP contribution in [0.1, 0.15) is 37.0 Å². The Hall–Kier alpha value is -2.14. The molecule has 2 N–H and O–H groups in total. The van der Waals surface area contributed by atoms with Crippen molar-refractivity contribution in [3.8, 4) is 0 Å². The molecule has 2 heterocycles. The number of benzene rings is 1. The van der Waals surface area contributed by atoms with Gasteiger partial charge in [-0.2, -0.15) is 0 Å². The highest BCUT2D eigenvalue weighted by molar-refractivity contribution is 5.97. The molecular weight excluding hydrogens is 314 g/mol. The molecule has 3 rings (SSSR count). The molecule has 1 fully saturated rings. The van der Waals surface area contributed by atoms with Gasteiger partial charge in [-0.1, -0.05) is 32.0 Å². The number of nitrogens with zero attached hydrogens (tertiary/aromatic N) is 1. The zero-order valence-corrected chi connectivity index (χ0v) is 15.0. The Bertz CT molecular complexity index is 789. The van der Waals surface area contributed by atoms with Crippen LogP contribution in [0.5, 0.6) is 0 Å². The summed E-state index contributed by atoms with van der Waals surface area (Å²) >= 11 is 0. The van der Waals surface area contributed by atoms with Gasteiger partial charge in [0, 0.05) is 25.2 Å². The third-order valence-electron chi connectivity index (χ3n) is 4.88. The first-order valence-corrected chi connectivity index (χ1v) is 9.15. The highest BCUT2D eigenvalue weighted by Gasteiger charge is 2.21. The minimum atomic E-state index is -0.338.